The fourth-order valence-corrected chi connectivity index (χ4v) is 0.391. The van der Waals surface area contributed by atoms with E-state index in [1.807, 2.05) is 0 Å². The number of rotatable bonds is 3. The quantitative estimate of drug-likeness (QED) is 0.450. The van der Waals surface area contributed by atoms with Gasteiger partial charge in [0.1, 0.15) is 0 Å². The van der Waals surface area contributed by atoms with Crippen molar-refractivity contribution in [2.45, 2.75) is 13.2 Å². The van der Waals surface area contributed by atoms with Gasteiger partial charge in [-0.05, 0) is 20.0 Å². The zero-order valence-electron chi connectivity index (χ0n) is 5.52. The zero-order chi connectivity index (χ0) is 7.28. The van der Waals surface area contributed by atoms with Crippen LogP contribution in [0.5, 0.6) is 0 Å². The molecule has 52 valence electrons. The van der Waals surface area contributed by atoms with Crippen molar-refractivity contribution in [2.75, 3.05) is 7.05 Å². The van der Waals surface area contributed by atoms with Crippen molar-refractivity contribution in [1.82, 2.24) is 5.32 Å². The summed E-state index contributed by atoms with van der Waals surface area (Å²) in [6, 6.07) is 0. The van der Waals surface area contributed by atoms with Crippen LogP contribution in [-0.4, -0.2) is 19.1 Å². The van der Waals surface area contributed by atoms with E-state index in [4.69, 9.17) is 0 Å². The Hall–Kier alpha value is -0.700. The van der Waals surface area contributed by atoms with E-state index in [1.54, 1.807) is 6.92 Å². The number of allylic oxidation sites excluding steroid dienone is 1. The van der Waals surface area contributed by atoms with E-state index in [0.29, 0.717) is 0 Å². The predicted octanol–water partition coefficient (Wildman–Crippen LogP) is 0.647. The van der Waals surface area contributed by atoms with E-state index in [1.165, 1.54) is 19.2 Å². The Morgan fingerprint density at radius 3 is 2.67 bits per heavy atom. The summed E-state index contributed by atoms with van der Waals surface area (Å²) < 4.78 is 12.2. The minimum atomic E-state index is -1.55. The molecule has 0 radical (unpaired) electrons. The largest absolute Gasteiger partial charge is 0.290 e. The summed E-state index contributed by atoms with van der Waals surface area (Å²) in [7, 11) is 1.39. The van der Waals surface area contributed by atoms with E-state index < -0.39 is 12.1 Å². The maximum atomic E-state index is 12.2. The lowest BCUT2D eigenvalue weighted by Gasteiger charge is -1.98. The molecular weight excluding hydrogens is 121 g/mol. The molecule has 0 aromatic carbocycles. The first kappa shape index (κ1) is 8.30. The van der Waals surface area contributed by atoms with E-state index in [-0.39, 0.29) is 0 Å². The average molecular weight is 131 g/mol. The zero-order valence-corrected chi connectivity index (χ0v) is 5.52. The van der Waals surface area contributed by atoms with E-state index in [9.17, 15) is 9.18 Å². The van der Waals surface area contributed by atoms with Crippen LogP contribution < -0.4 is 5.32 Å². The van der Waals surface area contributed by atoms with Crippen molar-refractivity contribution in [1.29, 1.82) is 0 Å². The Labute approximate surface area is 53.8 Å². The fourth-order valence-electron chi connectivity index (χ4n) is 0.391. The molecule has 9 heavy (non-hydrogen) atoms. The van der Waals surface area contributed by atoms with Crippen molar-refractivity contribution < 1.29 is 9.18 Å². The molecule has 0 rings (SSSR count). The molecule has 0 saturated heterocycles. The maximum absolute atomic E-state index is 12.2. The summed E-state index contributed by atoms with van der Waals surface area (Å²) in [4.78, 5) is 10.4. The van der Waals surface area contributed by atoms with Gasteiger partial charge in [-0.15, -0.1) is 0 Å². The van der Waals surface area contributed by atoms with Crippen LogP contribution in [0.4, 0.5) is 4.39 Å². The Kier molecular flexibility index (Phi) is 3.88. The molecule has 0 aliphatic heterocycles. The Balaban J connectivity index is 3.73. The van der Waals surface area contributed by atoms with Crippen LogP contribution in [0.3, 0.4) is 0 Å². The van der Waals surface area contributed by atoms with E-state index in [2.05, 4.69) is 5.32 Å². The van der Waals surface area contributed by atoms with Gasteiger partial charge in [0, 0.05) is 0 Å². The van der Waals surface area contributed by atoms with Gasteiger partial charge in [-0.2, -0.15) is 0 Å². The first-order valence-electron chi connectivity index (χ1n) is 2.70. The number of nitrogens with one attached hydrogen (secondary N) is 1. The van der Waals surface area contributed by atoms with Gasteiger partial charge in [0.2, 0.25) is 12.1 Å². The Bertz CT molecular complexity index is 122. The summed E-state index contributed by atoms with van der Waals surface area (Å²) >= 11 is 0. The van der Waals surface area contributed by atoms with Crippen molar-refractivity contribution in [3.63, 3.8) is 0 Å². The van der Waals surface area contributed by atoms with Gasteiger partial charge < -0.3 is 0 Å². The van der Waals surface area contributed by atoms with Crippen molar-refractivity contribution in [2.24, 2.45) is 0 Å². The maximum Gasteiger partial charge on any atom is 0.213 e. The van der Waals surface area contributed by atoms with Crippen LogP contribution in [0, 0.1) is 0 Å². The summed E-state index contributed by atoms with van der Waals surface area (Å²) in [5.41, 5.74) is 0. The van der Waals surface area contributed by atoms with Gasteiger partial charge in [-0.3, -0.25) is 10.1 Å². The molecule has 0 aliphatic carbocycles. The molecule has 3 heteroatoms. The van der Waals surface area contributed by atoms with Crippen molar-refractivity contribution in [3.8, 4) is 0 Å². The minimum Gasteiger partial charge on any atom is -0.290 e. The van der Waals surface area contributed by atoms with Gasteiger partial charge in [0.15, 0.2) is 0 Å². The second-order valence-corrected chi connectivity index (χ2v) is 1.55. The number of carbonyl (C=O) groups is 1. The third kappa shape index (κ3) is 2.98. The molecule has 0 heterocycles. The molecule has 0 bridgehead atoms. The molecule has 0 amide bonds. The second kappa shape index (κ2) is 4.21. The summed E-state index contributed by atoms with van der Waals surface area (Å²) in [5.74, 6) is -0.542. The molecule has 0 fully saturated rings. The topological polar surface area (TPSA) is 29.1 Å². The standard InChI is InChI=1S/C6H10FNO/c1-3-4-5(9)6(7)8-2/h3-4,6,8H,1-2H3/b4-3+. The van der Waals surface area contributed by atoms with Crippen molar-refractivity contribution in [3.05, 3.63) is 12.2 Å². The molecule has 0 aliphatic rings. The lowest BCUT2D eigenvalue weighted by atomic mass is 10.3. The number of halogens is 1. The number of carbonyl (C=O) groups excluding carboxylic acids is 1. The number of likely N-dealkylation sites (N-methyl/N-ethyl adjacent to an activating group) is 1. The molecule has 2 nitrogen and oxygen atoms in total. The minimum absolute atomic E-state index is 0.542. The first-order valence-corrected chi connectivity index (χ1v) is 2.70. The molecule has 0 saturated carbocycles. The highest BCUT2D eigenvalue weighted by Crippen LogP contribution is 1.87. The molecule has 0 aromatic heterocycles. The third-order valence-corrected chi connectivity index (χ3v) is 0.834. The summed E-state index contributed by atoms with van der Waals surface area (Å²) in [6.45, 7) is 1.67. The van der Waals surface area contributed by atoms with Gasteiger partial charge in [0.25, 0.3) is 0 Å². The molecule has 1 atom stereocenters. The molecule has 0 spiro atoms. The smallest absolute Gasteiger partial charge is 0.213 e. The van der Waals surface area contributed by atoms with Crippen LogP contribution in [0.1, 0.15) is 6.92 Å². The number of alkyl halides is 1. The average Bonchev–Trinajstić information content (AvgIpc) is 1.87. The van der Waals surface area contributed by atoms with Gasteiger partial charge in [-0.1, -0.05) is 6.08 Å². The summed E-state index contributed by atoms with van der Waals surface area (Å²) in [6.07, 6.45) is 1.15. The van der Waals surface area contributed by atoms with Crippen LogP contribution in [0.15, 0.2) is 12.2 Å². The van der Waals surface area contributed by atoms with Gasteiger partial charge in [-0.25, -0.2) is 4.39 Å². The predicted molar refractivity (Wildman–Crippen MR) is 33.8 cm³/mol. The SMILES string of the molecule is C/C=C/C(=O)C(F)NC. The summed E-state index contributed by atoms with van der Waals surface area (Å²) in [5, 5.41) is 2.18. The number of hydrogen-bond acceptors (Lipinski definition) is 2. The van der Waals surface area contributed by atoms with E-state index >= 15 is 0 Å². The molecule has 1 N–H and O–H groups in total. The van der Waals surface area contributed by atoms with E-state index in [0.717, 1.165) is 0 Å². The van der Waals surface area contributed by atoms with Crippen LogP contribution >= 0.6 is 0 Å². The highest BCUT2D eigenvalue weighted by molar-refractivity contribution is 5.92. The van der Waals surface area contributed by atoms with Gasteiger partial charge >= 0.3 is 0 Å². The van der Waals surface area contributed by atoms with Crippen LogP contribution in [-0.2, 0) is 4.79 Å². The number of ketones is 1. The highest BCUT2D eigenvalue weighted by Gasteiger charge is 2.08. The molecular formula is C6H10FNO. The lowest BCUT2D eigenvalue weighted by Crippen LogP contribution is -2.27. The lowest BCUT2D eigenvalue weighted by molar-refractivity contribution is -0.119. The second-order valence-electron chi connectivity index (χ2n) is 1.55. The van der Waals surface area contributed by atoms with Crippen molar-refractivity contribution >= 4 is 5.78 Å². The van der Waals surface area contributed by atoms with Gasteiger partial charge in [0.05, 0.1) is 0 Å². The first-order chi connectivity index (χ1) is 4.22. The van der Waals surface area contributed by atoms with Crippen LogP contribution in [0.2, 0.25) is 0 Å². The molecule has 1 unspecified atom stereocenters. The Morgan fingerprint density at radius 2 is 2.33 bits per heavy atom. The Morgan fingerprint density at radius 1 is 1.78 bits per heavy atom. The third-order valence-electron chi connectivity index (χ3n) is 0.834. The monoisotopic (exact) mass is 131 g/mol. The highest BCUT2D eigenvalue weighted by atomic mass is 19.1. The fraction of sp³-hybridized carbons (Fsp3) is 0.500. The molecule has 0 aromatic rings. The van der Waals surface area contributed by atoms with Crippen LogP contribution in [0.25, 0.3) is 0 Å². The number of hydrogen-bond donors (Lipinski definition) is 1. The normalized spacial score (nSPS) is 14.1.